The summed E-state index contributed by atoms with van der Waals surface area (Å²) in [6.45, 7) is 5.14. The van der Waals surface area contributed by atoms with Gasteiger partial charge in [0.25, 0.3) is 0 Å². The first kappa shape index (κ1) is 20.2. The molecule has 4 rings (SSSR count). The summed E-state index contributed by atoms with van der Waals surface area (Å²) in [7, 11) is 0. The van der Waals surface area contributed by atoms with Crippen LogP contribution in [-0.2, 0) is 0 Å². The summed E-state index contributed by atoms with van der Waals surface area (Å²) in [5.41, 5.74) is 3.27. The van der Waals surface area contributed by atoms with Crippen LogP contribution in [0.1, 0.15) is 56.5 Å². The van der Waals surface area contributed by atoms with Gasteiger partial charge >= 0.3 is 0 Å². The lowest BCUT2D eigenvalue weighted by Gasteiger charge is -2.30. The zero-order valence-electron chi connectivity index (χ0n) is 17.3. The molecular weight excluding hydrogens is 378 g/mol. The van der Waals surface area contributed by atoms with E-state index in [1.165, 1.54) is 6.92 Å². The second-order valence-corrected chi connectivity index (χ2v) is 7.94. The highest BCUT2D eigenvalue weighted by molar-refractivity contribution is 6.08. The number of carbonyl (C=O) groups is 3. The number of rotatable bonds is 6. The molecule has 6 heteroatoms. The van der Waals surface area contributed by atoms with Crippen molar-refractivity contribution in [2.24, 2.45) is 5.92 Å². The Hall–Kier alpha value is -3.12. The molecule has 154 valence electrons. The third kappa shape index (κ3) is 3.71. The Kier molecular flexibility index (Phi) is 5.59. The Bertz CT molecular complexity index is 1110. The molecule has 2 aromatic heterocycles. The van der Waals surface area contributed by atoms with Crippen molar-refractivity contribution in [1.82, 2.24) is 14.3 Å². The molecule has 1 aliphatic rings. The minimum atomic E-state index is -0.113. The van der Waals surface area contributed by atoms with E-state index in [4.69, 9.17) is 0 Å². The predicted molar refractivity (Wildman–Crippen MR) is 114 cm³/mol. The molecule has 0 aliphatic carbocycles. The molecule has 0 atom stereocenters. The van der Waals surface area contributed by atoms with Crippen LogP contribution >= 0.6 is 0 Å². The van der Waals surface area contributed by atoms with Gasteiger partial charge in [-0.3, -0.25) is 24.3 Å². The maximum absolute atomic E-state index is 13.4. The molecule has 30 heavy (non-hydrogen) atoms. The highest BCUT2D eigenvalue weighted by Gasteiger charge is 2.31. The molecule has 0 saturated carbocycles. The van der Waals surface area contributed by atoms with E-state index in [1.54, 1.807) is 23.0 Å². The number of benzene rings is 1. The fourth-order valence-corrected chi connectivity index (χ4v) is 4.45. The van der Waals surface area contributed by atoms with E-state index >= 15 is 0 Å². The van der Waals surface area contributed by atoms with Gasteiger partial charge in [0.05, 0.1) is 24.0 Å². The summed E-state index contributed by atoms with van der Waals surface area (Å²) in [6, 6.07) is 9.30. The quantitative estimate of drug-likeness (QED) is 0.588. The SMILES string of the molecule is CC(=O)c1c(C)c(C(=O)C2CCN(CC(=O)c3ccccc3)CC2)n2ccncc12. The number of hydrogen-bond donors (Lipinski definition) is 0. The summed E-state index contributed by atoms with van der Waals surface area (Å²) in [4.78, 5) is 44.2. The van der Waals surface area contributed by atoms with Gasteiger partial charge in [-0.05, 0) is 45.3 Å². The largest absolute Gasteiger partial charge is 0.310 e. The zero-order chi connectivity index (χ0) is 21.3. The van der Waals surface area contributed by atoms with Crippen LogP contribution in [-0.4, -0.2) is 51.3 Å². The number of aromatic nitrogens is 2. The molecule has 0 amide bonds. The van der Waals surface area contributed by atoms with Crippen molar-refractivity contribution < 1.29 is 14.4 Å². The first-order valence-electron chi connectivity index (χ1n) is 10.3. The molecule has 1 aromatic carbocycles. The third-order valence-corrected chi connectivity index (χ3v) is 5.99. The van der Waals surface area contributed by atoms with Crippen LogP contribution in [0.2, 0.25) is 0 Å². The van der Waals surface area contributed by atoms with Crippen LogP contribution < -0.4 is 0 Å². The average molecular weight is 403 g/mol. The Morgan fingerprint density at radius 3 is 2.47 bits per heavy atom. The Balaban J connectivity index is 1.48. The van der Waals surface area contributed by atoms with E-state index < -0.39 is 0 Å². The van der Waals surface area contributed by atoms with E-state index in [-0.39, 0.29) is 23.3 Å². The van der Waals surface area contributed by atoms with Crippen molar-refractivity contribution in [3.63, 3.8) is 0 Å². The van der Waals surface area contributed by atoms with Gasteiger partial charge in [-0.2, -0.15) is 0 Å². The van der Waals surface area contributed by atoms with Crippen LogP contribution in [0.5, 0.6) is 0 Å². The lowest BCUT2D eigenvalue weighted by atomic mass is 9.89. The van der Waals surface area contributed by atoms with Gasteiger partial charge in [0.1, 0.15) is 0 Å². The van der Waals surface area contributed by atoms with Gasteiger partial charge in [-0.25, -0.2) is 0 Å². The molecule has 0 N–H and O–H groups in total. The van der Waals surface area contributed by atoms with Crippen LogP contribution in [0.25, 0.3) is 5.52 Å². The molecule has 0 unspecified atom stereocenters. The van der Waals surface area contributed by atoms with Crippen molar-refractivity contribution in [2.45, 2.75) is 26.7 Å². The van der Waals surface area contributed by atoms with Crippen molar-refractivity contribution in [2.75, 3.05) is 19.6 Å². The maximum atomic E-state index is 13.4. The minimum absolute atomic E-state index is 0.0636. The smallest absolute Gasteiger partial charge is 0.183 e. The van der Waals surface area contributed by atoms with Gasteiger partial charge in [-0.15, -0.1) is 0 Å². The van der Waals surface area contributed by atoms with Crippen molar-refractivity contribution in [3.8, 4) is 0 Å². The second-order valence-electron chi connectivity index (χ2n) is 7.94. The molecule has 3 heterocycles. The monoisotopic (exact) mass is 403 g/mol. The summed E-state index contributed by atoms with van der Waals surface area (Å²) in [5.74, 6) is -0.00761. The van der Waals surface area contributed by atoms with Crippen LogP contribution in [0.3, 0.4) is 0 Å². The summed E-state index contributed by atoms with van der Waals surface area (Å²) >= 11 is 0. The van der Waals surface area contributed by atoms with Crippen molar-refractivity contribution in [3.05, 3.63) is 71.3 Å². The number of Topliss-reactive ketones (excluding diaryl/α,β-unsaturated/α-hetero) is 3. The molecule has 0 spiro atoms. The van der Waals surface area contributed by atoms with Gasteiger partial charge in [-0.1, -0.05) is 30.3 Å². The fourth-order valence-electron chi connectivity index (χ4n) is 4.45. The zero-order valence-corrected chi connectivity index (χ0v) is 17.3. The number of nitrogens with zero attached hydrogens (tertiary/aromatic N) is 3. The molecule has 1 saturated heterocycles. The number of hydrogen-bond acceptors (Lipinski definition) is 5. The molecule has 0 radical (unpaired) electrons. The molecule has 0 bridgehead atoms. The van der Waals surface area contributed by atoms with Crippen LogP contribution in [0.4, 0.5) is 0 Å². The van der Waals surface area contributed by atoms with E-state index in [0.29, 0.717) is 49.2 Å². The van der Waals surface area contributed by atoms with E-state index in [0.717, 1.165) is 11.1 Å². The normalized spacial score (nSPS) is 15.4. The predicted octanol–water partition coefficient (Wildman–Crippen LogP) is 3.62. The minimum Gasteiger partial charge on any atom is -0.310 e. The Morgan fingerprint density at radius 2 is 1.80 bits per heavy atom. The van der Waals surface area contributed by atoms with E-state index in [2.05, 4.69) is 9.88 Å². The summed E-state index contributed by atoms with van der Waals surface area (Å²) in [5, 5.41) is 0. The number of carbonyl (C=O) groups excluding carboxylic acids is 3. The van der Waals surface area contributed by atoms with Gasteiger partial charge in [0.15, 0.2) is 17.3 Å². The number of piperidine rings is 1. The molecule has 1 aliphatic heterocycles. The van der Waals surface area contributed by atoms with Crippen LogP contribution in [0, 0.1) is 12.8 Å². The molecule has 6 nitrogen and oxygen atoms in total. The maximum Gasteiger partial charge on any atom is 0.183 e. The van der Waals surface area contributed by atoms with Crippen molar-refractivity contribution >= 4 is 22.9 Å². The second kappa shape index (κ2) is 8.32. The lowest BCUT2D eigenvalue weighted by molar-refractivity contribution is 0.0800. The third-order valence-electron chi connectivity index (χ3n) is 5.99. The van der Waals surface area contributed by atoms with Gasteiger partial charge in [0, 0.05) is 29.4 Å². The first-order valence-corrected chi connectivity index (χ1v) is 10.3. The lowest BCUT2D eigenvalue weighted by Crippen LogP contribution is -2.39. The van der Waals surface area contributed by atoms with E-state index in [9.17, 15) is 14.4 Å². The topological polar surface area (TPSA) is 71.8 Å². The number of fused-ring (bicyclic) bond motifs is 1. The highest BCUT2D eigenvalue weighted by atomic mass is 16.1. The molecule has 3 aromatic rings. The average Bonchev–Trinajstić information content (AvgIpc) is 3.06. The molecule has 1 fully saturated rings. The summed E-state index contributed by atoms with van der Waals surface area (Å²) in [6.07, 6.45) is 6.42. The Labute approximate surface area is 175 Å². The first-order chi connectivity index (χ1) is 14.5. The number of likely N-dealkylation sites (tertiary alicyclic amines) is 1. The van der Waals surface area contributed by atoms with Crippen LogP contribution in [0.15, 0.2) is 48.9 Å². The Morgan fingerprint density at radius 1 is 1.10 bits per heavy atom. The van der Waals surface area contributed by atoms with Gasteiger partial charge < -0.3 is 4.40 Å². The standard InChI is InChI=1S/C24H25N3O3/c1-16-22(17(2)28)20-14-25-10-13-27(20)23(16)24(30)19-8-11-26(12-9-19)15-21(29)18-6-4-3-5-7-18/h3-7,10,13-14,19H,8-9,11-12,15H2,1-2H3. The van der Waals surface area contributed by atoms with E-state index in [1.807, 2.05) is 37.3 Å². The summed E-state index contributed by atoms with van der Waals surface area (Å²) < 4.78 is 1.80. The highest BCUT2D eigenvalue weighted by Crippen LogP contribution is 2.29. The molecular formula is C24H25N3O3. The van der Waals surface area contributed by atoms with Gasteiger partial charge in [0.2, 0.25) is 0 Å². The number of ketones is 3. The fraction of sp³-hybridized carbons (Fsp3) is 0.333. The van der Waals surface area contributed by atoms with Crippen molar-refractivity contribution in [1.29, 1.82) is 0 Å².